The minimum atomic E-state index is -4.40. The lowest BCUT2D eigenvalue weighted by atomic mass is 9.68. The summed E-state index contributed by atoms with van der Waals surface area (Å²) in [5.41, 5.74) is 4.16. The molecule has 1 atom stereocenters. The molecular weight excluding hydrogens is 531 g/mol. The number of nitrogens with zero attached hydrogens (tertiary/aromatic N) is 3. The second kappa shape index (κ2) is 11.0. The van der Waals surface area contributed by atoms with E-state index in [4.69, 9.17) is 11.6 Å². The molecule has 1 saturated carbocycles. The summed E-state index contributed by atoms with van der Waals surface area (Å²) in [6.45, 7) is 13.6. The summed E-state index contributed by atoms with van der Waals surface area (Å²) in [4.78, 5) is 6.90. The van der Waals surface area contributed by atoms with Crippen LogP contribution in [0.3, 0.4) is 0 Å². The van der Waals surface area contributed by atoms with E-state index in [-0.39, 0.29) is 22.4 Å². The maximum absolute atomic E-state index is 14.2. The second-order valence-electron chi connectivity index (χ2n) is 12.9. The lowest BCUT2D eigenvalue weighted by Crippen LogP contribution is -2.44. The van der Waals surface area contributed by atoms with E-state index in [1.165, 1.54) is 17.2 Å². The van der Waals surface area contributed by atoms with Gasteiger partial charge in [-0.25, -0.2) is 4.98 Å². The van der Waals surface area contributed by atoms with Crippen LogP contribution in [0.15, 0.2) is 36.7 Å². The largest absolute Gasteiger partial charge is 0.418 e. The minimum Gasteiger partial charge on any atom is -0.327 e. The predicted octanol–water partition coefficient (Wildman–Crippen LogP) is 9.25. The van der Waals surface area contributed by atoms with Gasteiger partial charge in [0, 0.05) is 16.5 Å². The van der Waals surface area contributed by atoms with E-state index in [1.807, 2.05) is 26.0 Å². The number of fused-ring (bicyclic) bond motifs is 3. The second-order valence-corrected chi connectivity index (χ2v) is 13.3. The molecule has 3 aliphatic rings. The van der Waals surface area contributed by atoms with E-state index >= 15 is 0 Å². The molecule has 2 aromatic carbocycles. The molecule has 6 rings (SSSR count). The standard InChI is InChI=1S/C31H37ClF3N3.C2H6/c1-20-13-22-6-7-23(32)16-25(22)30(20)8-11-37(12-9-30)10-4-5-21-14-26(31(33,34)35)28-27(15-21)36-19-38(28)24-17-29(2,3)18-24;1-2/h6-7,14-16,19-20,24H,4-5,8-13,17-18H2,1-3H3;1-2H3. The monoisotopic (exact) mass is 573 g/mol. The molecule has 3 nitrogen and oxygen atoms in total. The first-order valence-electron chi connectivity index (χ1n) is 15.0. The predicted molar refractivity (Wildman–Crippen MR) is 158 cm³/mol. The molecule has 2 fully saturated rings. The quantitative estimate of drug-likeness (QED) is 0.303. The lowest BCUT2D eigenvalue weighted by Gasteiger charge is -2.43. The van der Waals surface area contributed by atoms with Gasteiger partial charge in [0.25, 0.3) is 0 Å². The average molecular weight is 574 g/mol. The molecule has 40 heavy (non-hydrogen) atoms. The highest BCUT2D eigenvalue weighted by Crippen LogP contribution is 2.51. The number of rotatable bonds is 5. The van der Waals surface area contributed by atoms with Crippen molar-refractivity contribution in [1.29, 1.82) is 0 Å². The Bertz CT molecular complexity index is 1340. The summed E-state index contributed by atoms with van der Waals surface area (Å²) < 4.78 is 44.2. The number of alkyl halides is 3. The Morgan fingerprint density at radius 2 is 1.75 bits per heavy atom. The van der Waals surface area contributed by atoms with Gasteiger partial charge >= 0.3 is 6.18 Å². The first-order chi connectivity index (χ1) is 19.0. The van der Waals surface area contributed by atoms with Gasteiger partial charge in [-0.15, -0.1) is 0 Å². The normalized spacial score (nSPS) is 22.2. The fraction of sp³-hybridized carbons (Fsp3) is 0.606. The van der Waals surface area contributed by atoms with Crippen molar-refractivity contribution in [3.05, 3.63) is 63.9 Å². The lowest BCUT2D eigenvalue weighted by molar-refractivity contribution is -0.136. The van der Waals surface area contributed by atoms with Crippen molar-refractivity contribution in [3.63, 3.8) is 0 Å². The van der Waals surface area contributed by atoms with E-state index in [9.17, 15) is 13.2 Å². The number of imidazole rings is 1. The van der Waals surface area contributed by atoms with Crippen LogP contribution in [0.5, 0.6) is 0 Å². The van der Waals surface area contributed by atoms with Crippen LogP contribution in [0.1, 0.15) is 95.0 Å². The third kappa shape index (κ3) is 5.43. The highest BCUT2D eigenvalue weighted by atomic mass is 35.5. The van der Waals surface area contributed by atoms with Gasteiger partial charge in [0.15, 0.2) is 0 Å². The van der Waals surface area contributed by atoms with Crippen molar-refractivity contribution < 1.29 is 13.2 Å². The van der Waals surface area contributed by atoms with E-state index in [2.05, 4.69) is 42.8 Å². The molecule has 1 saturated heterocycles. The van der Waals surface area contributed by atoms with Crippen LogP contribution in [0.2, 0.25) is 5.02 Å². The fourth-order valence-corrected chi connectivity index (χ4v) is 7.88. The van der Waals surface area contributed by atoms with Crippen LogP contribution < -0.4 is 0 Å². The number of hydrogen-bond donors (Lipinski definition) is 0. The summed E-state index contributed by atoms with van der Waals surface area (Å²) in [7, 11) is 0. The number of likely N-dealkylation sites (tertiary alicyclic amines) is 1. The van der Waals surface area contributed by atoms with E-state index in [1.54, 1.807) is 10.9 Å². The van der Waals surface area contributed by atoms with Crippen LogP contribution in [0.4, 0.5) is 13.2 Å². The van der Waals surface area contributed by atoms with E-state index < -0.39 is 11.7 Å². The third-order valence-corrected chi connectivity index (χ3v) is 10.0. The van der Waals surface area contributed by atoms with Crippen molar-refractivity contribution in [1.82, 2.24) is 14.5 Å². The molecule has 7 heteroatoms. The van der Waals surface area contributed by atoms with Crippen molar-refractivity contribution in [2.24, 2.45) is 11.3 Å². The first-order valence-corrected chi connectivity index (χ1v) is 15.4. The average Bonchev–Trinajstić information content (AvgIpc) is 3.43. The SMILES string of the molecule is CC.CC1Cc2ccc(Cl)cc2C12CCN(CCCc1cc(C(F)(F)F)c3c(c1)ncn3C1CC(C)(C)C1)CC2. The van der Waals surface area contributed by atoms with Gasteiger partial charge in [0.1, 0.15) is 0 Å². The minimum absolute atomic E-state index is 0.0925. The molecule has 0 bridgehead atoms. The van der Waals surface area contributed by atoms with Crippen molar-refractivity contribution in [2.75, 3.05) is 19.6 Å². The van der Waals surface area contributed by atoms with Gasteiger partial charge in [-0.2, -0.15) is 13.2 Å². The molecule has 3 aromatic rings. The van der Waals surface area contributed by atoms with Crippen LogP contribution in [0.25, 0.3) is 11.0 Å². The van der Waals surface area contributed by atoms with Crippen LogP contribution in [0, 0.1) is 11.3 Å². The van der Waals surface area contributed by atoms with Gasteiger partial charge in [-0.3, -0.25) is 0 Å². The molecule has 0 radical (unpaired) electrons. The van der Waals surface area contributed by atoms with Crippen LogP contribution in [-0.2, 0) is 24.4 Å². The zero-order chi connectivity index (χ0) is 28.9. The number of benzene rings is 2. The summed E-state index contributed by atoms with van der Waals surface area (Å²) in [5, 5.41) is 0.816. The van der Waals surface area contributed by atoms with Crippen molar-refractivity contribution in [2.45, 2.75) is 97.2 Å². The van der Waals surface area contributed by atoms with E-state index in [0.717, 1.165) is 68.7 Å². The smallest absolute Gasteiger partial charge is 0.327 e. The Morgan fingerprint density at radius 3 is 2.40 bits per heavy atom. The molecule has 2 aliphatic carbocycles. The molecule has 1 aromatic heterocycles. The summed E-state index contributed by atoms with van der Waals surface area (Å²) >= 11 is 6.36. The van der Waals surface area contributed by atoms with Gasteiger partial charge in [-0.05, 0) is 117 Å². The number of hydrogen-bond acceptors (Lipinski definition) is 2. The first kappa shape index (κ1) is 29.4. The molecule has 1 spiro atoms. The molecule has 2 heterocycles. The highest BCUT2D eigenvalue weighted by Gasteiger charge is 2.46. The Labute approximate surface area is 242 Å². The van der Waals surface area contributed by atoms with Crippen LogP contribution in [-0.4, -0.2) is 34.1 Å². The maximum Gasteiger partial charge on any atom is 0.418 e. The Balaban J connectivity index is 0.00000158. The highest BCUT2D eigenvalue weighted by molar-refractivity contribution is 6.30. The molecule has 0 amide bonds. The van der Waals surface area contributed by atoms with Crippen LogP contribution >= 0.6 is 11.6 Å². The van der Waals surface area contributed by atoms with Gasteiger partial charge in [0.05, 0.1) is 22.9 Å². The molecular formula is C33H43ClF3N3. The number of aryl methyl sites for hydroxylation is 1. The number of halogens is 4. The summed E-state index contributed by atoms with van der Waals surface area (Å²) in [6.07, 6.45) is 3.78. The maximum atomic E-state index is 14.2. The van der Waals surface area contributed by atoms with Gasteiger partial charge in [0.2, 0.25) is 0 Å². The fourth-order valence-electron chi connectivity index (χ4n) is 7.70. The zero-order valence-corrected chi connectivity index (χ0v) is 25.3. The van der Waals surface area contributed by atoms with Gasteiger partial charge < -0.3 is 9.47 Å². The number of aromatic nitrogens is 2. The zero-order valence-electron chi connectivity index (χ0n) is 24.5. The topological polar surface area (TPSA) is 21.1 Å². The van der Waals surface area contributed by atoms with Crippen molar-refractivity contribution >= 4 is 22.6 Å². The molecule has 218 valence electrons. The summed E-state index contributed by atoms with van der Waals surface area (Å²) in [5.74, 6) is 0.608. The molecule has 0 N–H and O–H groups in total. The molecule has 1 unspecified atom stereocenters. The van der Waals surface area contributed by atoms with Gasteiger partial charge in [-0.1, -0.05) is 52.3 Å². The van der Waals surface area contributed by atoms with Crippen molar-refractivity contribution in [3.8, 4) is 0 Å². The molecule has 1 aliphatic heterocycles. The third-order valence-electron chi connectivity index (χ3n) is 9.77. The van der Waals surface area contributed by atoms with E-state index in [0.29, 0.717) is 17.9 Å². The number of piperidine rings is 1. The Kier molecular flexibility index (Phi) is 8.08. The summed E-state index contributed by atoms with van der Waals surface area (Å²) in [6, 6.07) is 9.71. The Morgan fingerprint density at radius 1 is 1.05 bits per heavy atom. The Hall–Kier alpha value is -2.05.